The maximum atomic E-state index is 12.3. The van der Waals surface area contributed by atoms with E-state index in [1.54, 1.807) is 4.93 Å². The van der Waals surface area contributed by atoms with Crippen molar-refractivity contribution >= 4 is 0 Å². The van der Waals surface area contributed by atoms with Gasteiger partial charge in [-0.1, -0.05) is 0 Å². The Morgan fingerprint density at radius 1 is 0.812 bits per heavy atom. The van der Waals surface area contributed by atoms with Crippen molar-refractivity contribution in [2.45, 2.75) is 12.4 Å². The molecule has 0 fully saturated rings. The zero-order valence-electron chi connectivity index (χ0n) is 7.88. The molecular formula is C9H6F6I-. The van der Waals surface area contributed by atoms with Crippen LogP contribution in [0.3, 0.4) is 0 Å². The number of alkyl halides is 7. The van der Waals surface area contributed by atoms with Crippen LogP contribution in [0.4, 0.5) is 26.3 Å². The van der Waals surface area contributed by atoms with Crippen LogP contribution in [0.25, 0.3) is 0 Å². The molecule has 1 rings (SSSR count). The van der Waals surface area contributed by atoms with Gasteiger partial charge in [-0.25, -0.2) is 0 Å². The normalized spacial score (nSPS) is 13.2. The first-order chi connectivity index (χ1) is 7.14. The molecule has 0 aliphatic rings. The first-order valence-corrected chi connectivity index (χ1v) is 7.17. The van der Waals surface area contributed by atoms with Crippen LogP contribution in [0, 0.1) is 3.57 Å². The van der Waals surface area contributed by atoms with Gasteiger partial charge in [-0.15, -0.1) is 0 Å². The first-order valence-electron chi connectivity index (χ1n) is 3.93. The van der Waals surface area contributed by atoms with Crippen molar-refractivity contribution in [3.05, 3.63) is 32.9 Å². The third-order valence-corrected chi connectivity index (χ3v) is 3.64. The third-order valence-electron chi connectivity index (χ3n) is 1.77. The van der Waals surface area contributed by atoms with Crippen molar-refractivity contribution in [3.8, 4) is 0 Å². The van der Waals surface area contributed by atoms with E-state index in [1.807, 2.05) is 0 Å². The second-order valence-electron chi connectivity index (χ2n) is 2.91. The molecule has 1 aromatic rings. The second-order valence-corrected chi connectivity index (χ2v) is 5.24. The zero-order valence-corrected chi connectivity index (χ0v) is 10.0. The zero-order chi connectivity index (χ0) is 12.6. The van der Waals surface area contributed by atoms with Crippen molar-refractivity contribution < 1.29 is 47.5 Å². The number of hydrogen-bond acceptors (Lipinski definition) is 0. The molecule has 16 heavy (non-hydrogen) atoms. The summed E-state index contributed by atoms with van der Waals surface area (Å²) >= 11 is -0.821. The van der Waals surface area contributed by atoms with Crippen molar-refractivity contribution in [1.29, 1.82) is 0 Å². The molecule has 0 bridgehead atoms. The van der Waals surface area contributed by atoms with Gasteiger partial charge in [0.25, 0.3) is 0 Å². The van der Waals surface area contributed by atoms with Crippen LogP contribution in [0.1, 0.15) is 11.1 Å². The van der Waals surface area contributed by atoms with Gasteiger partial charge >= 0.3 is 97.7 Å². The van der Waals surface area contributed by atoms with Gasteiger partial charge in [-0.3, -0.25) is 0 Å². The summed E-state index contributed by atoms with van der Waals surface area (Å²) in [6.07, 6.45) is -9.48. The van der Waals surface area contributed by atoms with Gasteiger partial charge in [0.2, 0.25) is 0 Å². The average Bonchev–Trinajstić information content (AvgIpc) is 2.14. The van der Waals surface area contributed by atoms with E-state index in [1.165, 1.54) is 0 Å². The number of rotatable bonds is 1. The molecule has 92 valence electrons. The molecule has 0 unspecified atom stereocenters. The predicted molar refractivity (Wildman–Crippen MR) is 41.1 cm³/mol. The van der Waals surface area contributed by atoms with E-state index in [0.717, 1.165) is 12.1 Å². The van der Waals surface area contributed by atoms with Crippen LogP contribution >= 0.6 is 0 Å². The van der Waals surface area contributed by atoms with Crippen molar-refractivity contribution in [1.82, 2.24) is 0 Å². The summed E-state index contributed by atoms with van der Waals surface area (Å²) < 4.78 is 74.0. The van der Waals surface area contributed by atoms with Crippen LogP contribution in [0.5, 0.6) is 0 Å². The van der Waals surface area contributed by atoms with Crippen LogP contribution in [-0.4, -0.2) is 4.93 Å². The molecule has 0 aliphatic heterocycles. The second kappa shape index (κ2) is 4.42. The topological polar surface area (TPSA) is 0 Å². The molecule has 0 atom stereocenters. The Morgan fingerprint density at radius 2 is 1.19 bits per heavy atom. The van der Waals surface area contributed by atoms with Crippen LogP contribution in [-0.2, 0) is 12.4 Å². The van der Waals surface area contributed by atoms with E-state index in [9.17, 15) is 26.3 Å². The number of benzene rings is 1. The van der Waals surface area contributed by atoms with E-state index in [2.05, 4.69) is 0 Å². The molecule has 0 spiro atoms. The van der Waals surface area contributed by atoms with Gasteiger partial charge < -0.3 is 0 Å². The molecule has 0 saturated carbocycles. The SMILES string of the molecule is C[I-]c1cc(C(F)(F)F)cc(C(F)(F)F)c1. The van der Waals surface area contributed by atoms with Crippen LogP contribution in [0.15, 0.2) is 18.2 Å². The molecular weight excluding hydrogens is 349 g/mol. The summed E-state index contributed by atoms with van der Waals surface area (Å²) in [7, 11) is 0. The fraction of sp³-hybridized carbons (Fsp3) is 0.333. The quantitative estimate of drug-likeness (QED) is 0.394. The van der Waals surface area contributed by atoms with Gasteiger partial charge in [-0.2, -0.15) is 0 Å². The fourth-order valence-electron chi connectivity index (χ4n) is 1.03. The van der Waals surface area contributed by atoms with Crippen molar-refractivity contribution in [2.24, 2.45) is 0 Å². The monoisotopic (exact) mass is 355 g/mol. The van der Waals surface area contributed by atoms with E-state index in [-0.39, 0.29) is 9.64 Å². The van der Waals surface area contributed by atoms with Gasteiger partial charge in [0.1, 0.15) is 0 Å². The molecule has 1 aromatic carbocycles. The third kappa shape index (κ3) is 3.26. The summed E-state index contributed by atoms with van der Waals surface area (Å²) in [6, 6.07) is 1.70. The summed E-state index contributed by atoms with van der Waals surface area (Å²) in [4.78, 5) is 1.61. The van der Waals surface area contributed by atoms with E-state index >= 15 is 0 Å². The number of halogens is 7. The Labute approximate surface area is 97.9 Å². The minimum atomic E-state index is -4.74. The Balaban J connectivity index is 3.33. The van der Waals surface area contributed by atoms with E-state index in [4.69, 9.17) is 0 Å². The van der Waals surface area contributed by atoms with Crippen molar-refractivity contribution in [2.75, 3.05) is 4.93 Å². The predicted octanol–water partition coefficient (Wildman–Crippen LogP) is 0.613. The standard InChI is InChI=1S/C9H6F6I/c1-16-7-3-5(8(10,11)12)2-6(4-7)9(13,14)15/h2-4H,1H3/q-1. The Hall–Kier alpha value is -0.470. The van der Waals surface area contributed by atoms with Crippen LogP contribution < -0.4 is 21.2 Å². The van der Waals surface area contributed by atoms with Gasteiger partial charge in [0.15, 0.2) is 0 Å². The van der Waals surface area contributed by atoms with Gasteiger partial charge in [0, 0.05) is 0 Å². The summed E-state index contributed by atoms with van der Waals surface area (Å²) in [6.45, 7) is 0. The molecule has 0 saturated heterocycles. The average molecular weight is 355 g/mol. The van der Waals surface area contributed by atoms with Gasteiger partial charge in [0.05, 0.1) is 0 Å². The molecule has 7 heteroatoms. The molecule has 0 heterocycles. The van der Waals surface area contributed by atoms with E-state index < -0.39 is 44.7 Å². The Morgan fingerprint density at radius 3 is 1.44 bits per heavy atom. The maximum absolute atomic E-state index is 12.3. The molecule has 0 nitrogen and oxygen atoms in total. The Bertz CT molecular complexity index is 346. The van der Waals surface area contributed by atoms with Gasteiger partial charge in [-0.05, 0) is 0 Å². The Kier molecular flexibility index (Phi) is 3.76. The number of hydrogen-bond donors (Lipinski definition) is 0. The summed E-state index contributed by atoms with van der Waals surface area (Å²) in [5, 5.41) is 0. The molecule has 0 aromatic heterocycles. The van der Waals surface area contributed by atoms with E-state index in [0.29, 0.717) is 0 Å². The van der Waals surface area contributed by atoms with Crippen molar-refractivity contribution in [3.63, 3.8) is 0 Å². The molecule has 0 amide bonds. The molecule has 0 N–H and O–H groups in total. The molecule has 0 aliphatic carbocycles. The summed E-state index contributed by atoms with van der Waals surface area (Å²) in [5.74, 6) is 0. The minimum absolute atomic E-state index is 0.126. The first kappa shape index (κ1) is 13.6. The molecule has 0 radical (unpaired) electrons. The fourth-order valence-corrected chi connectivity index (χ4v) is 2.32. The summed E-state index contributed by atoms with van der Waals surface area (Å²) in [5.41, 5.74) is -2.47. The van der Waals surface area contributed by atoms with Crippen LogP contribution in [0.2, 0.25) is 0 Å².